The van der Waals surface area contributed by atoms with Crippen LogP contribution in [0.3, 0.4) is 0 Å². The van der Waals surface area contributed by atoms with Crippen molar-refractivity contribution in [2.24, 2.45) is 7.05 Å². The Morgan fingerprint density at radius 2 is 2.04 bits per heavy atom. The molecule has 0 saturated carbocycles. The molecular formula is C19H24N4O2. The Hall–Kier alpha value is -2.34. The number of benzene rings is 1. The fourth-order valence-corrected chi connectivity index (χ4v) is 4.01. The molecule has 0 radical (unpaired) electrons. The van der Waals surface area contributed by atoms with Crippen LogP contribution < -0.4 is 5.73 Å². The van der Waals surface area contributed by atoms with Gasteiger partial charge in [0.1, 0.15) is 0 Å². The molecule has 0 aliphatic carbocycles. The molecule has 2 aromatic rings. The van der Waals surface area contributed by atoms with Gasteiger partial charge in [-0.25, -0.2) is 0 Å². The minimum atomic E-state index is 0.0295. The quantitative estimate of drug-likeness (QED) is 0.850. The van der Waals surface area contributed by atoms with E-state index in [1.165, 1.54) is 5.56 Å². The van der Waals surface area contributed by atoms with Gasteiger partial charge in [0.2, 0.25) is 0 Å². The summed E-state index contributed by atoms with van der Waals surface area (Å²) in [5.41, 5.74) is 10.8. The number of aryl methyl sites for hydroxylation is 1. The van der Waals surface area contributed by atoms with Crippen LogP contribution in [0.4, 0.5) is 5.69 Å². The number of aromatic nitrogens is 2. The molecule has 1 saturated heterocycles. The molecule has 2 aliphatic heterocycles. The molecule has 6 nitrogen and oxygen atoms in total. The van der Waals surface area contributed by atoms with Gasteiger partial charge in [-0.15, -0.1) is 0 Å². The van der Waals surface area contributed by atoms with Crippen molar-refractivity contribution >= 4 is 11.6 Å². The molecule has 0 bridgehead atoms. The average molecular weight is 340 g/mol. The van der Waals surface area contributed by atoms with Crippen LogP contribution in [0.15, 0.2) is 24.3 Å². The topological polar surface area (TPSA) is 73.4 Å². The number of hydrogen-bond acceptors (Lipinski definition) is 4. The average Bonchev–Trinajstić information content (AvgIpc) is 2.99. The van der Waals surface area contributed by atoms with Gasteiger partial charge in [0, 0.05) is 43.5 Å². The van der Waals surface area contributed by atoms with E-state index >= 15 is 0 Å². The van der Waals surface area contributed by atoms with Crippen LogP contribution in [0, 0.1) is 0 Å². The SMILES string of the molecule is Cn1nc(C(=O)N2CCC(c3ccccc3N)CC2)c2c1CCOC2. The Morgan fingerprint density at radius 1 is 1.28 bits per heavy atom. The van der Waals surface area contributed by atoms with E-state index in [1.807, 2.05) is 34.8 Å². The highest BCUT2D eigenvalue weighted by Crippen LogP contribution is 2.32. The molecule has 0 unspecified atom stereocenters. The summed E-state index contributed by atoms with van der Waals surface area (Å²) in [6, 6.07) is 8.05. The molecule has 1 fully saturated rings. The first-order valence-electron chi connectivity index (χ1n) is 8.91. The summed E-state index contributed by atoms with van der Waals surface area (Å²) in [5.74, 6) is 0.452. The number of para-hydroxylation sites is 1. The van der Waals surface area contributed by atoms with Crippen LogP contribution in [0.2, 0.25) is 0 Å². The van der Waals surface area contributed by atoms with Gasteiger partial charge in [0.05, 0.1) is 13.2 Å². The minimum absolute atomic E-state index is 0.0295. The van der Waals surface area contributed by atoms with Crippen molar-refractivity contribution in [2.45, 2.75) is 31.8 Å². The number of carbonyl (C=O) groups is 1. The van der Waals surface area contributed by atoms with E-state index in [0.717, 1.165) is 49.3 Å². The number of nitrogens with two attached hydrogens (primary N) is 1. The molecular weight excluding hydrogens is 316 g/mol. The molecule has 2 aliphatic rings. The van der Waals surface area contributed by atoms with E-state index in [0.29, 0.717) is 24.8 Å². The summed E-state index contributed by atoms with van der Waals surface area (Å²) in [6.45, 7) is 2.67. The van der Waals surface area contributed by atoms with Crippen molar-refractivity contribution in [1.82, 2.24) is 14.7 Å². The summed E-state index contributed by atoms with van der Waals surface area (Å²) < 4.78 is 7.37. The van der Waals surface area contributed by atoms with E-state index in [2.05, 4.69) is 11.2 Å². The number of carbonyl (C=O) groups excluding carboxylic acids is 1. The number of likely N-dealkylation sites (tertiary alicyclic amines) is 1. The number of rotatable bonds is 2. The number of piperidine rings is 1. The largest absolute Gasteiger partial charge is 0.398 e. The molecule has 2 N–H and O–H groups in total. The smallest absolute Gasteiger partial charge is 0.274 e. The number of amides is 1. The standard InChI is InChI=1S/C19H24N4O2/c1-22-17-8-11-25-12-15(17)18(21-22)19(24)23-9-6-13(7-10-23)14-4-2-3-5-16(14)20/h2-5,13H,6-12,20H2,1H3. The van der Waals surface area contributed by atoms with Gasteiger partial charge in [-0.2, -0.15) is 5.10 Å². The van der Waals surface area contributed by atoms with Crippen molar-refractivity contribution in [3.8, 4) is 0 Å². The van der Waals surface area contributed by atoms with E-state index in [1.54, 1.807) is 0 Å². The van der Waals surface area contributed by atoms with Crippen molar-refractivity contribution in [1.29, 1.82) is 0 Å². The van der Waals surface area contributed by atoms with Crippen LogP contribution in [-0.2, 0) is 24.8 Å². The molecule has 0 spiro atoms. The van der Waals surface area contributed by atoms with Gasteiger partial charge in [-0.1, -0.05) is 18.2 Å². The van der Waals surface area contributed by atoms with Crippen molar-refractivity contribution in [3.05, 3.63) is 46.8 Å². The van der Waals surface area contributed by atoms with E-state index in [-0.39, 0.29) is 5.91 Å². The Bertz CT molecular complexity index is 791. The van der Waals surface area contributed by atoms with Crippen molar-refractivity contribution in [3.63, 3.8) is 0 Å². The molecule has 3 heterocycles. The zero-order chi connectivity index (χ0) is 17.4. The highest BCUT2D eigenvalue weighted by molar-refractivity contribution is 5.94. The van der Waals surface area contributed by atoms with Gasteiger partial charge >= 0.3 is 0 Å². The van der Waals surface area contributed by atoms with Gasteiger partial charge in [-0.05, 0) is 30.4 Å². The second-order valence-electron chi connectivity index (χ2n) is 6.90. The number of nitrogen functional groups attached to an aromatic ring is 1. The number of hydrogen-bond donors (Lipinski definition) is 1. The molecule has 0 atom stereocenters. The first kappa shape index (κ1) is 16.1. The normalized spacial score (nSPS) is 18.2. The second kappa shape index (κ2) is 6.52. The van der Waals surface area contributed by atoms with E-state index < -0.39 is 0 Å². The maximum absolute atomic E-state index is 13.0. The fraction of sp³-hybridized carbons (Fsp3) is 0.474. The van der Waals surface area contributed by atoms with E-state index in [4.69, 9.17) is 10.5 Å². The number of anilines is 1. The molecule has 132 valence electrons. The first-order chi connectivity index (χ1) is 12.1. The summed E-state index contributed by atoms with van der Waals surface area (Å²) >= 11 is 0. The second-order valence-corrected chi connectivity index (χ2v) is 6.90. The highest BCUT2D eigenvalue weighted by atomic mass is 16.5. The fourth-order valence-electron chi connectivity index (χ4n) is 4.01. The monoisotopic (exact) mass is 340 g/mol. The summed E-state index contributed by atoms with van der Waals surface area (Å²) in [5, 5.41) is 4.48. The molecule has 6 heteroatoms. The zero-order valence-corrected chi connectivity index (χ0v) is 14.6. The number of nitrogens with zero attached hydrogens (tertiary/aromatic N) is 3. The third-order valence-corrected chi connectivity index (χ3v) is 5.43. The molecule has 1 aromatic carbocycles. The molecule has 1 aromatic heterocycles. The summed E-state index contributed by atoms with van der Waals surface area (Å²) in [7, 11) is 1.91. The Kier molecular flexibility index (Phi) is 4.21. The van der Waals surface area contributed by atoms with Gasteiger partial charge in [-0.3, -0.25) is 9.48 Å². The maximum atomic E-state index is 13.0. The first-order valence-corrected chi connectivity index (χ1v) is 8.91. The third kappa shape index (κ3) is 2.91. The summed E-state index contributed by atoms with van der Waals surface area (Å²) in [6.07, 6.45) is 2.69. The predicted octanol–water partition coefficient (Wildman–Crippen LogP) is 2.09. The van der Waals surface area contributed by atoms with Crippen LogP contribution in [0.25, 0.3) is 0 Å². The lowest BCUT2D eigenvalue weighted by Crippen LogP contribution is -2.38. The van der Waals surface area contributed by atoms with Gasteiger partial charge < -0.3 is 15.4 Å². The van der Waals surface area contributed by atoms with Crippen LogP contribution in [-0.4, -0.2) is 40.3 Å². The van der Waals surface area contributed by atoms with Crippen LogP contribution in [0.1, 0.15) is 46.1 Å². The Balaban J connectivity index is 1.48. The predicted molar refractivity (Wildman–Crippen MR) is 95.3 cm³/mol. The molecule has 1 amide bonds. The lowest BCUT2D eigenvalue weighted by Gasteiger charge is -2.32. The van der Waals surface area contributed by atoms with Crippen molar-refractivity contribution < 1.29 is 9.53 Å². The van der Waals surface area contributed by atoms with Crippen LogP contribution in [0.5, 0.6) is 0 Å². The minimum Gasteiger partial charge on any atom is -0.398 e. The molecule has 25 heavy (non-hydrogen) atoms. The third-order valence-electron chi connectivity index (χ3n) is 5.43. The van der Waals surface area contributed by atoms with Crippen LogP contribution >= 0.6 is 0 Å². The number of fused-ring (bicyclic) bond motifs is 1. The lowest BCUT2D eigenvalue weighted by atomic mass is 9.88. The summed E-state index contributed by atoms with van der Waals surface area (Å²) in [4.78, 5) is 14.9. The van der Waals surface area contributed by atoms with Gasteiger partial charge in [0.15, 0.2) is 5.69 Å². The van der Waals surface area contributed by atoms with Crippen molar-refractivity contribution in [2.75, 3.05) is 25.4 Å². The molecule has 4 rings (SSSR count). The van der Waals surface area contributed by atoms with E-state index in [9.17, 15) is 4.79 Å². The highest BCUT2D eigenvalue weighted by Gasteiger charge is 2.30. The Morgan fingerprint density at radius 3 is 2.80 bits per heavy atom. The zero-order valence-electron chi connectivity index (χ0n) is 14.6. The maximum Gasteiger partial charge on any atom is 0.274 e. The Labute approximate surface area is 147 Å². The van der Waals surface area contributed by atoms with Gasteiger partial charge in [0.25, 0.3) is 5.91 Å². The lowest BCUT2D eigenvalue weighted by molar-refractivity contribution is 0.0694. The number of ether oxygens (including phenoxy) is 1.